The third-order valence-electron chi connectivity index (χ3n) is 4.83. The number of rotatable bonds is 9. The van der Waals surface area contributed by atoms with Gasteiger partial charge in [0.2, 0.25) is 0 Å². The van der Waals surface area contributed by atoms with E-state index in [1.165, 1.54) is 18.3 Å². The van der Waals surface area contributed by atoms with E-state index in [9.17, 15) is 13.2 Å². The van der Waals surface area contributed by atoms with Crippen molar-refractivity contribution in [1.29, 1.82) is 0 Å². The van der Waals surface area contributed by atoms with Gasteiger partial charge in [0.25, 0.3) is 15.9 Å². The summed E-state index contributed by atoms with van der Waals surface area (Å²) >= 11 is 1.84. The molecule has 0 aliphatic carbocycles. The van der Waals surface area contributed by atoms with Crippen molar-refractivity contribution in [2.75, 3.05) is 22.4 Å². The number of benzene rings is 3. The average molecular weight is 482 g/mol. The smallest absolute Gasteiger partial charge is 0.264 e. The molecule has 170 valence electrons. The number of carbonyl (C=O) groups is 1. The summed E-state index contributed by atoms with van der Waals surface area (Å²) in [6.45, 7) is -0.416. The number of sulfonamides is 1. The number of amides is 1. The molecule has 9 heteroatoms. The summed E-state index contributed by atoms with van der Waals surface area (Å²) in [5.41, 5.74) is 3.57. The van der Waals surface area contributed by atoms with Crippen LogP contribution >= 0.6 is 11.8 Å². The van der Waals surface area contributed by atoms with Crippen LogP contribution < -0.4 is 14.5 Å². The highest BCUT2D eigenvalue weighted by Crippen LogP contribution is 2.24. The van der Waals surface area contributed by atoms with Gasteiger partial charge < -0.3 is 4.74 Å². The third-order valence-corrected chi connectivity index (χ3v) is 7.84. The van der Waals surface area contributed by atoms with Gasteiger partial charge in [0.15, 0.2) is 0 Å². The number of thioether (sulfide) groups is 1. The summed E-state index contributed by atoms with van der Waals surface area (Å²) in [5.74, 6) is 2.16. The van der Waals surface area contributed by atoms with Crippen LogP contribution in [0.1, 0.15) is 5.56 Å². The van der Waals surface area contributed by atoms with Crippen molar-refractivity contribution in [3.05, 3.63) is 90.5 Å². The van der Waals surface area contributed by atoms with Gasteiger partial charge in [-0.2, -0.15) is 16.9 Å². The van der Waals surface area contributed by atoms with Crippen molar-refractivity contribution in [3.63, 3.8) is 0 Å². The Morgan fingerprint density at radius 1 is 1.03 bits per heavy atom. The first-order valence-corrected chi connectivity index (χ1v) is 12.9. The fourth-order valence-corrected chi connectivity index (χ4v) is 5.12. The van der Waals surface area contributed by atoms with E-state index in [1.54, 1.807) is 48.5 Å². The topological polar surface area (TPSA) is 88.1 Å². The molecule has 0 atom stereocenters. The molecule has 1 amide bonds. The summed E-state index contributed by atoms with van der Waals surface area (Å²) in [7, 11) is -3.94. The molecule has 3 aromatic rings. The summed E-state index contributed by atoms with van der Waals surface area (Å²) in [4.78, 5) is 12.7. The van der Waals surface area contributed by atoms with Crippen LogP contribution in [0.2, 0.25) is 0 Å². The fourth-order valence-electron chi connectivity index (χ4n) is 3.12. The summed E-state index contributed by atoms with van der Waals surface area (Å²) < 4.78 is 33.3. The van der Waals surface area contributed by atoms with Crippen molar-refractivity contribution >= 4 is 39.6 Å². The number of nitrogens with zero attached hydrogens (tertiary/aromatic N) is 2. The summed E-state index contributed by atoms with van der Waals surface area (Å²) in [5, 5.41) is 3.99. The van der Waals surface area contributed by atoms with E-state index < -0.39 is 22.5 Å². The van der Waals surface area contributed by atoms with Gasteiger partial charge in [0.05, 0.1) is 16.8 Å². The second-order valence-electron chi connectivity index (χ2n) is 7.30. The maximum absolute atomic E-state index is 13.2. The largest absolute Gasteiger partial charge is 0.489 e. The van der Waals surface area contributed by atoms with E-state index in [0.717, 1.165) is 27.1 Å². The molecule has 1 heterocycles. The van der Waals surface area contributed by atoms with E-state index in [2.05, 4.69) is 10.5 Å². The van der Waals surface area contributed by atoms with Crippen LogP contribution in [-0.4, -0.2) is 44.7 Å². The summed E-state index contributed by atoms with van der Waals surface area (Å²) in [6.07, 6.45) is 1.73. The monoisotopic (exact) mass is 481 g/mol. The summed E-state index contributed by atoms with van der Waals surface area (Å²) in [6, 6.07) is 23.9. The quantitative estimate of drug-likeness (QED) is 0.373. The minimum atomic E-state index is -3.94. The average Bonchev–Trinajstić information content (AvgIpc) is 2.81. The molecule has 1 fully saturated rings. The van der Waals surface area contributed by atoms with E-state index in [-0.39, 0.29) is 11.0 Å². The molecular weight excluding hydrogens is 458 g/mol. The zero-order valence-corrected chi connectivity index (χ0v) is 19.3. The molecule has 33 heavy (non-hydrogen) atoms. The molecular formula is C24H23N3O4S2. The fraction of sp³-hybridized carbons (Fsp3) is 0.167. The van der Waals surface area contributed by atoms with Crippen LogP contribution in [0.5, 0.6) is 5.75 Å². The lowest BCUT2D eigenvalue weighted by atomic mass is 10.2. The predicted octanol–water partition coefficient (Wildman–Crippen LogP) is 3.53. The zero-order chi connectivity index (χ0) is 23.1. The van der Waals surface area contributed by atoms with Gasteiger partial charge in [-0.05, 0) is 42.0 Å². The van der Waals surface area contributed by atoms with E-state index >= 15 is 0 Å². The van der Waals surface area contributed by atoms with Gasteiger partial charge >= 0.3 is 0 Å². The Hall–Kier alpha value is -3.30. The molecule has 0 saturated carbocycles. The first-order valence-electron chi connectivity index (χ1n) is 10.3. The molecule has 0 unspecified atom stereocenters. The number of para-hydroxylation sites is 1. The Kier molecular flexibility index (Phi) is 7.31. The first-order chi connectivity index (χ1) is 16.0. The highest BCUT2D eigenvalue weighted by molar-refractivity contribution is 8.00. The van der Waals surface area contributed by atoms with Crippen molar-refractivity contribution < 1.29 is 17.9 Å². The number of carbonyl (C=O) groups excluding carboxylic acids is 1. The van der Waals surface area contributed by atoms with E-state index in [4.69, 9.17) is 4.74 Å². The lowest BCUT2D eigenvalue weighted by molar-refractivity contribution is -0.119. The Morgan fingerprint density at radius 2 is 1.73 bits per heavy atom. The standard InChI is InChI=1S/C24H23N3O4S2/c28-24(26-25-15-19-8-7-11-21(14-19)31-22-17-32-18-22)16-27(20-9-3-1-4-10-20)33(29,30)23-12-5-2-6-13-23/h1-15,22H,16-18H2,(H,26,28)/b25-15+. The van der Waals surface area contributed by atoms with E-state index in [1.807, 2.05) is 36.0 Å². The number of ether oxygens (including phenoxy) is 1. The number of anilines is 1. The van der Waals surface area contributed by atoms with Crippen molar-refractivity contribution in [2.24, 2.45) is 5.10 Å². The van der Waals surface area contributed by atoms with Gasteiger partial charge in [-0.1, -0.05) is 48.5 Å². The van der Waals surface area contributed by atoms with Crippen LogP contribution in [0.25, 0.3) is 0 Å². The second-order valence-corrected chi connectivity index (χ2v) is 10.2. The number of nitrogens with one attached hydrogen (secondary N) is 1. The molecule has 0 spiro atoms. The molecule has 3 aromatic carbocycles. The van der Waals surface area contributed by atoms with Gasteiger partial charge in [0, 0.05) is 11.5 Å². The molecule has 0 radical (unpaired) electrons. The molecule has 1 N–H and O–H groups in total. The minimum Gasteiger partial charge on any atom is -0.489 e. The number of hydrogen-bond acceptors (Lipinski definition) is 6. The minimum absolute atomic E-state index is 0.104. The van der Waals surface area contributed by atoms with Crippen LogP contribution in [0, 0.1) is 0 Å². The van der Waals surface area contributed by atoms with Gasteiger partial charge in [-0.25, -0.2) is 13.8 Å². The highest BCUT2D eigenvalue weighted by atomic mass is 32.2. The highest BCUT2D eigenvalue weighted by Gasteiger charge is 2.26. The maximum Gasteiger partial charge on any atom is 0.264 e. The normalized spacial score (nSPS) is 13.9. The Bertz CT molecular complexity index is 1210. The second kappa shape index (κ2) is 10.5. The Labute approximate surface area is 197 Å². The van der Waals surface area contributed by atoms with Crippen molar-refractivity contribution in [2.45, 2.75) is 11.0 Å². The van der Waals surface area contributed by atoms with Crippen LogP contribution in [-0.2, 0) is 14.8 Å². The lowest BCUT2D eigenvalue weighted by Gasteiger charge is -2.25. The first kappa shape index (κ1) is 22.9. The molecule has 0 bridgehead atoms. The number of hydrogen-bond donors (Lipinski definition) is 1. The Balaban J connectivity index is 1.45. The van der Waals surface area contributed by atoms with E-state index in [0.29, 0.717) is 5.69 Å². The zero-order valence-electron chi connectivity index (χ0n) is 17.7. The lowest BCUT2D eigenvalue weighted by Crippen LogP contribution is -2.39. The van der Waals surface area contributed by atoms with Gasteiger partial charge in [-0.15, -0.1) is 0 Å². The molecule has 1 saturated heterocycles. The number of hydrazone groups is 1. The van der Waals surface area contributed by atoms with Crippen molar-refractivity contribution in [1.82, 2.24) is 5.43 Å². The van der Waals surface area contributed by atoms with Crippen molar-refractivity contribution in [3.8, 4) is 5.75 Å². The van der Waals surface area contributed by atoms with Crippen LogP contribution in [0.4, 0.5) is 5.69 Å². The van der Waals surface area contributed by atoms with Gasteiger partial charge in [0.1, 0.15) is 18.4 Å². The molecule has 4 rings (SSSR count). The van der Waals surface area contributed by atoms with Gasteiger partial charge in [-0.3, -0.25) is 9.10 Å². The SMILES string of the molecule is O=C(CN(c1ccccc1)S(=O)(=O)c1ccccc1)N/N=C/c1cccc(OC2CSC2)c1. The predicted molar refractivity (Wildman–Crippen MR) is 131 cm³/mol. The van der Waals surface area contributed by atoms with Crippen LogP contribution in [0.3, 0.4) is 0 Å². The third kappa shape index (κ3) is 5.94. The molecule has 7 nitrogen and oxygen atoms in total. The Morgan fingerprint density at radius 3 is 2.39 bits per heavy atom. The maximum atomic E-state index is 13.2. The van der Waals surface area contributed by atoms with Crippen LogP contribution in [0.15, 0.2) is 94.9 Å². The molecule has 1 aliphatic heterocycles. The molecule has 0 aromatic heterocycles. The molecule has 1 aliphatic rings.